The molecule has 0 unspecified atom stereocenters. The van der Waals surface area contributed by atoms with E-state index in [-0.39, 0.29) is 5.91 Å². The van der Waals surface area contributed by atoms with Crippen molar-refractivity contribution in [3.05, 3.63) is 23.2 Å². The van der Waals surface area contributed by atoms with E-state index in [4.69, 9.17) is 9.15 Å². The van der Waals surface area contributed by atoms with Gasteiger partial charge in [0.15, 0.2) is 0 Å². The van der Waals surface area contributed by atoms with Crippen molar-refractivity contribution < 1.29 is 13.9 Å². The number of ether oxygens (including phenoxy) is 1. The van der Waals surface area contributed by atoms with E-state index in [9.17, 15) is 4.79 Å². The molecule has 3 fully saturated rings. The Morgan fingerprint density at radius 2 is 1.68 bits per heavy atom. The standard InChI is InChI=1S/C22H35N3O3/c1-18-21(16-20(28-18)17-23-12-14-27-15-13-23)22(26)25-10-6-19(7-11-25)24-8-4-2-3-5-9-24/h16,19H,2-15,17H2,1H3. The van der Waals surface area contributed by atoms with E-state index < -0.39 is 0 Å². The van der Waals surface area contributed by atoms with Gasteiger partial charge in [-0.15, -0.1) is 0 Å². The number of furan rings is 1. The van der Waals surface area contributed by atoms with Crippen LogP contribution in [-0.4, -0.2) is 79.1 Å². The quantitative estimate of drug-likeness (QED) is 0.793. The summed E-state index contributed by atoms with van der Waals surface area (Å²) >= 11 is 0. The molecule has 3 aliphatic heterocycles. The first-order chi connectivity index (χ1) is 13.7. The third kappa shape index (κ3) is 4.78. The Hall–Kier alpha value is -1.37. The van der Waals surface area contributed by atoms with Crippen LogP contribution in [0.25, 0.3) is 0 Å². The van der Waals surface area contributed by atoms with Crippen LogP contribution in [0.4, 0.5) is 0 Å². The highest BCUT2D eigenvalue weighted by molar-refractivity contribution is 5.95. The molecule has 1 aromatic heterocycles. The number of rotatable bonds is 4. The molecule has 1 aromatic rings. The summed E-state index contributed by atoms with van der Waals surface area (Å²) in [6.07, 6.45) is 7.62. The summed E-state index contributed by atoms with van der Waals surface area (Å²) in [6, 6.07) is 2.62. The summed E-state index contributed by atoms with van der Waals surface area (Å²) in [4.78, 5) is 20.1. The van der Waals surface area contributed by atoms with Crippen molar-refractivity contribution in [1.82, 2.24) is 14.7 Å². The molecule has 3 aliphatic rings. The van der Waals surface area contributed by atoms with Crippen molar-refractivity contribution in [2.24, 2.45) is 0 Å². The summed E-state index contributed by atoms with van der Waals surface area (Å²) in [5.74, 6) is 1.79. The summed E-state index contributed by atoms with van der Waals surface area (Å²) in [7, 11) is 0. The highest BCUT2D eigenvalue weighted by Gasteiger charge is 2.29. The first-order valence-electron chi connectivity index (χ1n) is 11.1. The zero-order valence-electron chi connectivity index (χ0n) is 17.3. The minimum Gasteiger partial charge on any atom is -0.464 e. The normalized spacial score (nSPS) is 23.7. The van der Waals surface area contributed by atoms with Crippen molar-refractivity contribution in [2.75, 3.05) is 52.5 Å². The SMILES string of the molecule is Cc1oc(CN2CCOCC2)cc1C(=O)N1CCC(N2CCCCCC2)CC1. The maximum atomic E-state index is 13.1. The summed E-state index contributed by atoms with van der Waals surface area (Å²) in [5, 5.41) is 0. The lowest BCUT2D eigenvalue weighted by Gasteiger charge is -2.38. The predicted octanol–water partition coefficient (Wildman–Crippen LogP) is 2.90. The highest BCUT2D eigenvalue weighted by atomic mass is 16.5. The minimum atomic E-state index is 0.142. The first kappa shape index (κ1) is 19.9. The van der Waals surface area contributed by atoms with E-state index in [1.165, 1.54) is 38.8 Å². The number of nitrogens with zero attached hydrogens (tertiary/aromatic N) is 3. The van der Waals surface area contributed by atoms with Gasteiger partial charge in [-0.25, -0.2) is 0 Å². The van der Waals surface area contributed by atoms with E-state index in [1.807, 2.05) is 17.9 Å². The van der Waals surface area contributed by atoms with E-state index >= 15 is 0 Å². The fourth-order valence-electron chi connectivity index (χ4n) is 4.88. The molecule has 0 saturated carbocycles. The fraction of sp³-hybridized carbons (Fsp3) is 0.773. The molecule has 0 aromatic carbocycles. The average Bonchev–Trinajstić information content (AvgIpc) is 2.92. The molecule has 3 saturated heterocycles. The van der Waals surface area contributed by atoms with Crippen molar-refractivity contribution in [2.45, 2.75) is 58.0 Å². The molecular weight excluding hydrogens is 354 g/mol. The van der Waals surface area contributed by atoms with Crippen LogP contribution < -0.4 is 0 Å². The summed E-state index contributed by atoms with van der Waals surface area (Å²) in [5.41, 5.74) is 0.747. The molecule has 6 heteroatoms. The largest absolute Gasteiger partial charge is 0.464 e. The van der Waals surface area contributed by atoms with Gasteiger partial charge in [0, 0.05) is 32.2 Å². The van der Waals surface area contributed by atoms with Crippen LogP contribution in [0, 0.1) is 6.92 Å². The molecule has 28 heavy (non-hydrogen) atoms. The Morgan fingerprint density at radius 3 is 2.36 bits per heavy atom. The number of amides is 1. The molecule has 0 N–H and O–H groups in total. The number of hydrogen-bond acceptors (Lipinski definition) is 5. The Morgan fingerprint density at radius 1 is 1.00 bits per heavy atom. The molecule has 0 aliphatic carbocycles. The van der Waals surface area contributed by atoms with Gasteiger partial charge in [-0.3, -0.25) is 9.69 Å². The second-order valence-corrected chi connectivity index (χ2v) is 8.54. The molecular formula is C22H35N3O3. The van der Waals surface area contributed by atoms with Crippen LogP contribution >= 0.6 is 0 Å². The molecule has 156 valence electrons. The predicted molar refractivity (Wildman–Crippen MR) is 109 cm³/mol. The van der Waals surface area contributed by atoms with Crippen LogP contribution in [0.2, 0.25) is 0 Å². The Labute approximate surface area is 168 Å². The molecule has 0 atom stereocenters. The van der Waals surface area contributed by atoms with Gasteiger partial charge in [-0.1, -0.05) is 12.8 Å². The van der Waals surface area contributed by atoms with Crippen molar-refractivity contribution in [3.63, 3.8) is 0 Å². The van der Waals surface area contributed by atoms with E-state index in [0.717, 1.165) is 75.9 Å². The third-order valence-electron chi connectivity index (χ3n) is 6.59. The van der Waals surface area contributed by atoms with Crippen molar-refractivity contribution in [1.29, 1.82) is 0 Å². The van der Waals surface area contributed by atoms with Gasteiger partial charge < -0.3 is 19.0 Å². The van der Waals surface area contributed by atoms with Crippen molar-refractivity contribution in [3.8, 4) is 0 Å². The van der Waals surface area contributed by atoms with Crippen molar-refractivity contribution >= 4 is 5.91 Å². The maximum Gasteiger partial charge on any atom is 0.257 e. The number of aryl methyl sites for hydroxylation is 1. The van der Waals surface area contributed by atoms with Gasteiger partial charge in [0.25, 0.3) is 5.91 Å². The first-order valence-corrected chi connectivity index (χ1v) is 11.1. The monoisotopic (exact) mass is 389 g/mol. The van der Waals surface area contributed by atoms with Gasteiger partial charge >= 0.3 is 0 Å². The zero-order chi connectivity index (χ0) is 19.3. The van der Waals surface area contributed by atoms with Gasteiger partial charge in [0.05, 0.1) is 25.3 Å². The fourth-order valence-corrected chi connectivity index (χ4v) is 4.88. The second kappa shape index (κ2) is 9.42. The highest BCUT2D eigenvalue weighted by Crippen LogP contribution is 2.24. The molecule has 0 spiro atoms. The van der Waals surface area contributed by atoms with Crippen LogP contribution in [0.5, 0.6) is 0 Å². The van der Waals surface area contributed by atoms with E-state index in [0.29, 0.717) is 6.04 Å². The molecule has 0 radical (unpaired) electrons. The summed E-state index contributed by atoms with van der Waals surface area (Å²) < 4.78 is 11.3. The molecule has 6 nitrogen and oxygen atoms in total. The number of carbonyl (C=O) groups excluding carboxylic acids is 1. The van der Waals surface area contributed by atoms with Crippen LogP contribution in [0.1, 0.15) is 60.4 Å². The molecule has 4 heterocycles. The lowest BCUT2D eigenvalue weighted by molar-refractivity contribution is 0.0312. The third-order valence-corrected chi connectivity index (χ3v) is 6.59. The van der Waals surface area contributed by atoms with Crippen LogP contribution in [0.15, 0.2) is 10.5 Å². The molecule has 0 bridgehead atoms. The van der Waals surface area contributed by atoms with Crippen LogP contribution in [0.3, 0.4) is 0 Å². The number of hydrogen-bond donors (Lipinski definition) is 0. The van der Waals surface area contributed by atoms with Gasteiger partial charge in [-0.05, 0) is 51.8 Å². The van der Waals surface area contributed by atoms with Gasteiger partial charge in [0.2, 0.25) is 0 Å². The zero-order valence-corrected chi connectivity index (χ0v) is 17.3. The Kier molecular flexibility index (Phi) is 6.70. The Balaban J connectivity index is 1.32. The van der Waals surface area contributed by atoms with E-state index in [1.54, 1.807) is 0 Å². The lowest BCUT2D eigenvalue weighted by Crippen LogP contribution is -2.47. The second-order valence-electron chi connectivity index (χ2n) is 8.54. The van der Waals surface area contributed by atoms with E-state index in [2.05, 4.69) is 9.80 Å². The average molecular weight is 390 g/mol. The topological polar surface area (TPSA) is 49.2 Å². The smallest absolute Gasteiger partial charge is 0.257 e. The number of carbonyl (C=O) groups is 1. The van der Waals surface area contributed by atoms with Gasteiger partial charge in [0.1, 0.15) is 11.5 Å². The maximum absolute atomic E-state index is 13.1. The number of likely N-dealkylation sites (tertiary alicyclic amines) is 2. The number of piperidine rings is 1. The Bertz CT molecular complexity index is 637. The lowest BCUT2D eigenvalue weighted by atomic mass is 10.0. The minimum absolute atomic E-state index is 0.142. The molecule has 1 amide bonds. The summed E-state index contributed by atoms with van der Waals surface area (Å²) in [6.45, 7) is 10.3. The van der Waals surface area contributed by atoms with Crippen LogP contribution in [-0.2, 0) is 11.3 Å². The number of morpholine rings is 1. The van der Waals surface area contributed by atoms with Gasteiger partial charge in [-0.2, -0.15) is 0 Å². The molecule has 4 rings (SSSR count).